The zero-order valence-corrected chi connectivity index (χ0v) is 14.1. The molecule has 2 aromatic rings. The first-order valence-electron chi connectivity index (χ1n) is 7.48. The van der Waals surface area contributed by atoms with Crippen LogP contribution in [0.1, 0.15) is 32.8 Å². The third kappa shape index (κ3) is 4.63. The molecule has 7 nitrogen and oxygen atoms in total. The van der Waals surface area contributed by atoms with Crippen molar-refractivity contribution in [3.63, 3.8) is 0 Å². The average molecular weight is 343 g/mol. The highest BCUT2D eigenvalue weighted by Gasteiger charge is 2.13. The van der Waals surface area contributed by atoms with E-state index in [-0.39, 0.29) is 18.2 Å². The number of carbonyl (C=O) groups excluding carboxylic acids is 2. The molecule has 0 saturated heterocycles. The lowest BCUT2D eigenvalue weighted by Gasteiger charge is -2.09. The summed E-state index contributed by atoms with van der Waals surface area (Å²) in [6.07, 6.45) is 2.28. The van der Waals surface area contributed by atoms with Crippen molar-refractivity contribution in [3.8, 4) is 0 Å². The van der Waals surface area contributed by atoms with Gasteiger partial charge in [-0.3, -0.25) is 14.9 Å². The lowest BCUT2D eigenvalue weighted by molar-refractivity contribution is -0.402. The van der Waals surface area contributed by atoms with Crippen LogP contribution in [0.4, 0.5) is 5.88 Å². The lowest BCUT2D eigenvalue weighted by atomic mass is 9.98. The maximum absolute atomic E-state index is 12.2. The highest BCUT2D eigenvalue weighted by Crippen LogP contribution is 2.17. The topological polar surface area (TPSA) is 99.7 Å². The fraction of sp³-hybridized carbons (Fsp3) is 0.222. The van der Waals surface area contributed by atoms with Crippen molar-refractivity contribution in [2.45, 2.75) is 20.8 Å². The number of nitro groups is 1. The molecule has 1 heterocycles. The second-order valence-corrected chi connectivity index (χ2v) is 5.55. The molecule has 0 bridgehead atoms. The summed E-state index contributed by atoms with van der Waals surface area (Å²) in [5.41, 5.74) is 3.41. The van der Waals surface area contributed by atoms with Crippen LogP contribution in [0.5, 0.6) is 0 Å². The number of rotatable bonds is 6. The van der Waals surface area contributed by atoms with Crippen molar-refractivity contribution in [1.29, 1.82) is 0 Å². The minimum absolute atomic E-state index is 0.139. The van der Waals surface area contributed by atoms with Gasteiger partial charge in [-0.2, -0.15) is 0 Å². The Morgan fingerprint density at radius 2 is 1.84 bits per heavy atom. The molecule has 0 fully saturated rings. The van der Waals surface area contributed by atoms with E-state index in [1.165, 1.54) is 18.2 Å². The standard InChI is InChI=1S/C18H17NO6/c1-11-8-13(3)15(9-12(11)2)16(20)10-24-18(21)7-5-14-4-6-17(25-14)19(22)23/h4-9H,10H2,1-3H3/b7-5+. The third-order valence-electron chi connectivity index (χ3n) is 3.66. The van der Waals surface area contributed by atoms with Crippen molar-refractivity contribution in [3.05, 3.63) is 68.5 Å². The Morgan fingerprint density at radius 1 is 1.16 bits per heavy atom. The monoisotopic (exact) mass is 343 g/mol. The summed E-state index contributed by atoms with van der Waals surface area (Å²) in [5, 5.41) is 10.5. The molecule has 0 aliphatic carbocycles. The smallest absolute Gasteiger partial charge is 0.433 e. The molecule has 0 aliphatic heterocycles. The number of Topliss-reactive ketones (excluding diaryl/α,β-unsaturated/α-hetero) is 1. The van der Waals surface area contributed by atoms with Gasteiger partial charge in [0, 0.05) is 11.6 Å². The SMILES string of the molecule is Cc1cc(C)c(C(=O)COC(=O)/C=C/c2ccc([N+](=O)[O-])o2)cc1C. The number of aryl methyl sites for hydroxylation is 3. The first kappa shape index (κ1) is 18.1. The lowest BCUT2D eigenvalue weighted by Crippen LogP contribution is -2.14. The summed E-state index contributed by atoms with van der Waals surface area (Å²) in [6.45, 7) is 5.30. The average Bonchev–Trinajstić information content (AvgIpc) is 3.03. The minimum Gasteiger partial charge on any atom is -0.454 e. The van der Waals surface area contributed by atoms with E-state index in [1.807, 2.05) is 26.8 Å². The maximum Gasteiger partial charge on any atom is 0.433 e. The van der Waals surface area contributed by atoms with E-state index in [1.54, 1.807) is 6.07 Å². The molecule has 1 aromatic carbocycles. The number of furan rings is 1. The highest BCUT2D eigenvalue weighted by molar-refractivity contribution is 6.00. The summed E-state index contributed by atoms with van der Waals surface area (Å²) in [6, 6.07) is 6.22. The predicted molar refractivity (Wildman–Crippen MR) is 90.3 cm³/mol. The summed E-state index contributed by atoms with van der Waals surface area (Å²) in [7, 11) is 0. The second kappa shape index (κ2) is 7.57. The van der Waals surface area contributed by atoms with E-state index in [0.29, 0.717) is 5.56 Å². The van der Waals surface area contributed by atoms with E-state index in [9.17, 15) is 19.7 Å². The van der Waals surface area contributed by atoms with Crippen LogP contribution < -0.4 is 0 Å². The molecule has 1 aromatic heterocycles. The number of hydrogen-bond acceptors (Lipinski definition) is 6. The zero-order chi connectivity index (χ0) is 18.6. The molecule has 0 unspecified atom stereocenters. The largest absolute Gasteiger partial charge is 0.454 e. The van der Waals surface area contributed by atoms with Crippen molar-refractivity contribution < 1.29 is 23.7 Å². The van der Waals surface area contributed by atoms with Crippen LogP contribution in [0, 0.1) is 30.9 Å². The van der Waals surface area contributed by atoms with Crippen LogP contribution in [0.3, 0.4) is 0 Å². The molecule has 0 atom stereocenters. The molecule has 0 N–H and O–H groups in total. The summed E-state index contributed by atoms with van der Waals surface area (Å²) >= 11 is 0. The van der Waals surface area contributed by atoms with Crippen LogP contribution >= 0.6 is 0 Å². The number of benzene rings is 1. The van der Waals surface area contributed by atoms with Gasteiger partial charge >= 0.3 is 11.9 Å². The first-order valence-corrected chi connectivity index (χ1v) is 7.48. The van der Waals surface area contributed by atoms with Crippen molar-refractivity contribution in [2.75, 3.05) is 6.61 Å². The Bertz CT molecular complexity index is 862. The molecule has 25 heavy (non-hydrogen) atoms. The van der Waals surface area contributed by atoms with Gasteiger partial charge in [-0.05, 0) is 55.7 Å². The van der Waals surface area contributed by atoms with Gasteiger partial charge in [0.15, 0.2) is 6.61 Å². The fourth-order valence-electron chi connectivity index (χ4n) is 2.20. The Kier molecular flexibility index (Phi) is 5.49. The van der Waals surface area contributed by atoms with Gasteiger partial charge in [-0.15, -0.1) is 0 Å². The molecular formula is C18H17NO6. The van der Waals surface area contributed by atoms with Gasteiger partial charge in [-0.1, -0.05) is 6.07 Å². The van der Waals surface area contributed by atoms with E-state index in [2.05, 4.69) is 0 Å². The van der Waals surface area contributed by atoms with Crippen LogP contribution in [0.15, 0.2) is 34.8 Å². The Labute approximate surface area is 144 Å². The van der Waals surface area contributed by atoms with E-state index >= 15 is 0 Å². The number of esters is 1. The normalized spacial score (nSPS) is 10.8. The molecule has 0 spiro atoms. The molecule has 2 rings (SSSR count). The van der Waals surface area contributed by atoms with Crippen LogP contribution in [-0.4, -0.2) is 23.3 Å². The third-order valence-corrected chi connectivity index (χ3v) is 3.66. The summed E-state index contributed by atoms with van der Waals surface area (Å²) in [5.74, 6) is -1.32. The Hall–Kier alpha value is -3.22. The maximum atomic E-state index is 12.2. The molecule has 0 aliphatic rings. The first-order chi connectivity index (χ1) is 11.8. The Balaban J connectivity index is 1.95. The van der Waals surface area contributed by atoms with Gasteiger partial charge in [0.05, 0.1) is 6.07 Å². The number of ether oxygens (including phenoxy) is 1. The molecule has 0 radical (unpaired) electrons. The van der Waals surface area contributed by atoms with Crippen molar-refractivity contribution in [1.82, 2.24) is 0 Å². The number of nitrogens with zero attached hydrogens (tertiary/aromatic N) is 1. The predicted octanol–water partition coefficient (Wildman–Crippen LogP) is 3.55. The van der Waals surface area contributed by atoms with Crippen LogP contribution in [0.2, 0.25) is 0 Å². The zero-order valence-electron chi connectivity index (χ0n) is 14.1. The number of ketones is 1. The number of carbonyl (C=O) groups is 2. The van der Waals surface area contributed by atoms with Gasteiger partial charge in [0.25, 0.3) is 0 Å². The fourth-order valence-corrected chi connectivity index (χ4v) is 2.20. The second-order valence-electron chi connectivity index (χ2n) is 5.55. The van der Waals surface area contributed by atoms with Gasteiger partial charge in [0.1, 0.15) is 10.7 Å². The molecule has 7 heteroatoms. The van der Waals surface area contributed by atoms with Crippen LogP contribution in [0.25, 0.3) is 6.08 Å². The molecule has 0 amide bonds. The molecule has 130 valence electrons. The summed E-state index contributed by atoms with van der Waals surface area (Å²) < 4.78 is 9.78. The van der Waals surface area contributed by atoms with E-state index in [0.717, 1.165) is 22.8 Å². The molecule has 0 saturated carbocycles. The Morgan fingerprint density at radius 3 is 2.48 bits per heavy atom. The van der Waals surface area contributed by atoms with E-state index in [4.69, 9.17) is 9.15 Å². The minimum atomic E-state index is -0.742. The molecular weight excluding hydrogens is 326 g/mol. The van der Waals surface area contributed by atoms with Gasteiger partial charge in [-0.25, -0.2) is 4.79 Å². The van der Waals surface area contributed by atoms with Crippen molar-refractivity contribution in [2.24, 2.45) is 0 Å². The van der Waals surface area contributed by atoms with E-state index < -0.39 is 16.8 Å². The van der Waals surface area contributed by atoms with Crippen LogP contribution in [-0.2, 0) is 9.53 Å². The number of hydrogen-bond donors (Lipinski definition) is 0. The summed E-state index contributed by atoms with van der Waals surface area (Å²) in [4.78, 5) is 33.7. The highest BCUT2D eigenvalue weighted by atomic mass is 16.6. The van der Waals surface area contributed by atoms with Gasteiger partial charge in [0.2, 0.25) is 5.78 Å². The van der Waals surface area contributed by atoms with Crippen molar-refractivity contribution >= 4 is 23.7 Å². The van der Waals surface area contributed by atoms with Gasteiger partial charge < -0.3 is 9.15 Å². The quantitative estimate of drug-likeness (QED) is 0.261.